The third kappa shape index (κ3) is 2.68. The summed E-state index contributed by atoms with van der Waals surface area (Å²) in [6.45, 7) is 2.71. The summed E-state index contributed by atoms with van der Waals surface area (Å²) in [6, 6.07) is 14.8. The van der Waals surface area contributed by atoms with Gasteiger partial charge in [0.1, 0.15) is 5.82 Å². The number of aromatic nitrogens is 1. The number of hydrogen-bond donors (Lipinski definition) is 1. The van der Waals surface area contributed by atoms with E-state index in [0.717, 1.165) is 11.4 Å². The Balaban J connectivity index is 2.17. The second-order valence-corrected chi connectivity index (χ2v) is 4.43. The standard InChI is InChI=1S/C15H19N3/c1-12(14-6-4-3-5-7-14)18(2)15-9-8-13(10-16)11-17-15/h3-9,11-12H,10,16H2,1-2H3. The highest BCUT2D eigenvalue weighted by Gasteiger charge is 2.12. The number of benzene rings is 1. The van der Waals surface area contributed by atoms with E-state index in [9.17, 15) is 0 Å². The smallest absolute Gasteiger partial charge is 0.128 e. The van der Waals surface area contributed by atoms with Gasteiger partial charge >= 0.3 is 0 Å². The monoisotopic (exact) mass is 241 g/mol. The Morgan fingerprint density at radius 3 is 2.44 bits per heavy atom. The van der Waals surface area contributed by atoms with Crippen LogP contribution in [0, 0.1) is 0 Å². The van der Waals surface area contributed by atoms with Gasteiger partial charge in [-0.15, -0.1) is 0 Å². The summed E-state index contributed by atoms with van der Waals surface area (Å²) in [6.07, 6.45) is 1.84. The average Bonchev–Trinajstić information content (AvgIpc) is 2.47. The number of rotatable bonds is 4. The molecule has 2 aromatic rings. The zero-order chi connectivity index (χ0) is 13.0. The van der Waals surface area contributed by atoms with Gasteiger partial charge in [0.25, 0.3) is 0 Å². The summed E-state index contributed by atoms with van der Waals surface area (Å²) in [4.78, 5) is 6.60. The van der Waals surface area contributed by atoms with Crippen LogP contribution in [0.4, 0.5) is 5.82 Å². The largest absolute Gasteiger partial charge is 0.353 e. The minimum Gasteiger partial charge on any atom is -0.353 e. The molecule has 0 fully saturated rings. The quantitative estimate of drug-likeness (QED) is 0.895. The van der Waals surface area contributed by atoms with E-state index in [1.54, 1.807) is 0 Å². The Labute approximate surface area is 108 Å². The van der Waals surface area contributed by atoms with E-state index in [1.807, 2.05) is 24.4 Å². The van der Waals surface area contributed by atoms with Crippen LogP contribution in [-0.2, 0) is 6.54 Å². The highest BCUT2D eigenvalue weighted by Crippen LogP contribution is 2.23. The fourth-order valence-electron chi connectivity index (χ4n) is 1.90. The molecule has 94 valence electrons. The second kappa shape index (κ2) is 5.65. The van der Waals surface area contributed by atoms with Crippen molar-refractivity contribution in [2.75, 3.05) is 11.9 Å². The minimum atomic E-state index is 0.294. The molecule has 0 saturated carbocycles. The van der Waals surface area contributed by atoms with Crippen molar-refractivity contribution in [3.05, 3.63) is 59.8 Å². The molecule has 2 N–H and O–H groups in total. The van der Waals surface area contributed by atoms with E-state index < -0.39 is 0 Å². The van der Waals surface area contributed by atoms with Crippen molar-refractivity contribution in [1.29, 1.82) is 0 Å². The Morgan fingerprint density at radius 2 is 1.89 bits per heavy atom. The molecule has 3 heteroatoms. The molecule has 0 spiro atoms. The van der Waals surface area contributed by atoms with Gasteiger partial charge in [-0.2, -0.15) is 0 Å². The van der Waals surface area contributed by atoms with Crippen LogP contribution in [0.5, 0.6) is 0 Å². The van der Waals surface area contributed by atoms with Crippen LogP contribution >= 0.6 is 0 Å². The van der Waals surface area contributed by atoms with Crippen molar-refractivity contribution >= 4 is 5.82 Å². The Morgan fingerprint density at radius 1 is 1.17 bits per heavy atom. The van der Waals surface area contributed by atoms with Crippen LogP contribution in [0.2, 0.25) is 0 Å². The first-order chi connectivity index (χ1) is 8.72. The van der Waals surface area contributed by atoms with Crippen LogP contribution in [0.1, 0.15) is 24.1 Å². The molecule has 0 bridgehead atoms. The minimum absolute atomic E-state index is 0.294. The van der Waals surface area contributed by atoms with Gasteiger partial charge in [-0.25, -0.2) is 4.98 Å². The van der Waals surface area contributed by atoms with Crippen LogP contribution in [0.3, 0.4) is 0 Å². The molecule has 0 radical (unpaired) electrons. The fourth-order valence-corrected chi connectivity index (χ4v) is 1.90. The van der Waals surface area contributed by atoms with Gasteiger partial charge in [0.2, 0.25) is 0 Å². The van der Waals surface area contributed by atoms with E-state index in [4.69, 9.17) is 5.73 Å². The van der Waals surface area contributed by atoms with Crippen molar-refractivity contribution in [2.24, 2.45) is 5.73 Å². The van der Waals surface area contributed by atoms with Crippen LogP contribution in [0.15, 0.2) is 48.7 Å². The molecule has 0 aliphatic heterocycles. The number of nitrogens with zero attached hydrogens (tertiary/aromatic N) is 2. The molecule has 1 aromatic carbocycles. The summed E-state index contributed by atoms with van der Waals surface area (Å²) >= 11 is 0. The van der Waals surface area contributed by atoms with Gasteiger partial charge in [0.15, 0.2) is 0 Å². The molecule has 0 amide bonds. The summed E-state index contributed by atoms with van der Waals surface area (Å²) in [5.74, 6) is 0.962. The van der Waals surface area contributed by atoms with E-state index in [2.05, 4.69) is 48.1 Å². The normalized spacial score (nSPS) is 12.2. The molecule has 0 aliphatic rings. The van der Waals surface area contributed by atoms with Crippen molar-refractivity contribution in [1.82, 2.24) is 4.98 Å². The van der Waals surface area contributed by atoms with Crippen LogP contribution < -0.4 is 10.6 Å². The zero-order valence-corrected chi connectivity index (χ0v) is 10.9. The van der Waals surface area contributed by atoms with Gasteiger partial charge in [-0.1, -0.05) is 36.4 Å². The first-order valence-corrected chi connectivity index (χ1v) is 6.15. The number of hydrogen-bond acceptors (Lipinski definition) is 3. The van der Waals surface area contributed by atoms with Crippen molar-refractivity contribution in [3.63, 3.8) is 0 Å². The summed E-state index contributed by atoms with van der Waals surface area (Å²) in [7, 11) is 2.06. The first kappa shape index (κ1) is 12.6. The second-order valence-electron chi connectivity index (χ2n) is 4.43. The zero-order valence-electron chi connectivity index (χ0n) is 10.9. The Hall–Kier alpha value is -1.87. The highest BCUT2D eigenvalue weighted by molar-refractivity contribution is 5.41. The molecule has 1 unspecified atom stereocenters. The molecule has 1 heterocycles. The highest BCUT2D eigenvalue weighted by atomic mass is 15.2. The molecule has 18 heavy (non-hydrogen) atoms. The Kier molecular flexibility index (Phi) is 3.95. The average molecular weight is 241 g/mol. The molecule has 1 atom stereocenters. The van der Waals surface area contributed by atoms with E-state index in [0.29, 0.717) is 12.6 Å². The lowest BCUT2D eigenvalue weighted by Gasteiger charge is -2.26. The van der Waals surface area contributed by atoms with Gasteiger partial charge < -0.3 is 10.6 Å². The SMILES string of the molecule is CC(c1ccccc1)N(C)c1ccc(CN)cn1. The van der Waals surface area contributed by atoms with Crippen molar-refractivity contribution in [3.8, 4) is 0 Å². The fraction of sp³-hybridized carbons (Fsp3) is 0.267. The third-order valence-corrected chi connectivity index (χ3v) is 3.27. The van der Waals surface area contributed by atoms with Gasteiger partial charge in [-0.05, 0) is 24.1 Å². The number of nitrogens with two attached hydrogens (primary N) is 1. The molecule has 3 nitrogen and oxygen atoms in total. The third-order valence-electron chi connectivity index (χ3n) is 3.27. The van der Waals surface area contributed by atoms with Crippen LogP contribution in [0.25, 0.3) is 0 Å². The Bertz CT molecular complexity index is 479. The molecule has 1 aromatic heterocycles. The maximum absolute atomic E-state index is 5.57. The molecule has 0 aliphatic carbocycles. The topological polar surface area (TPSA) is 42.1 Å². The summed E-state index contributed by atoms with van der Waals surface area (Å²) < 4.78 is 0. The maximum atomic E-state index is 5.57. The van der Waals surface area contributed by atoms with E-state index in [-0.39, 0.29) is 0 Å². The first-order valence-electron chi connectivity index (χ1n) is 6.15. The predicted molar refractivity (Wildman–Crippen MR) is 75.4 cm³/mol. The summed E-state index contributed by atoms with van der Waals surface area (Å²) in [5.41, 5.74) is 7.91. The molecule has 0 saturated heterocycles. The predicted octanol–water partition coefficient (Wildman–Crippen LogP) is 2.74. The van der Waals surface area contributed by atoms with E-state index >= 15 is 0 Å². The van der Waals surface area contributed by atoms with Crippen molar-refractivity contribution in [2.45, 2.75) is 19.5 Å². The van der Waals surface area contributed by atoms with Gasteiger partial charge in [0.05, 0.1) is 6.04 Å². The lowest BCUT2D eigenvalue weighted by Crippen LogP contribution is -2.22. The maximum Gasteiger partial charge on any atom is 0.128 e. The van der Waals surface area contributed by atoms with Gasteiger partial charge in [-0.3, -0.25) is 0 Å². The lowest BCUT2D eigenvalue weighted by molar-refractivity contribution is 0.728. The lowest BCUT2D eigenvalue weighted by atomic mass is 10.1. The van der Waals surface area contributed by atoms with Crippen LogP contribution in [-0.4, -0.2) is 12.0 Å². The molecular formula is C15H19N3. The number of anilines is 1. The van der Waals surface area contributed by atoms with Gasteiger partial charge in [0, 0.05) is 19.8 Å². The van der Waals surface area contributed by atoms with Crippen molar-refractivity contribution < 1.29 is 0 Å². The summed E-state index contributed by atoms with van der Waals surface area (Å²) in [5, 5.41) is 0. The molecular weight excluding hydrogens is 222 g/mol. The number of pyridine rings is 1. The molecule has 2 rings (SSSR count). The van der Waals surface area contributed by atoms with E-state index in [1.165, 1.54) is 5.56 Å².